The third-order valence-electron chi connectivity index (χ3n) is 1.93. The highest BCUT2D eigenvalue weighted by atomic mass is 32.2. The zero-order chi connectivity index (χ0) is 9.94. The summed E-state index contributed by atoms with van der Waals surface area (Å²) in [5.41, 5.74) is 0. The molecule has 1 fully saturated rings. The van der Waals surface area contributed by atoms with E-state index in [2.05, 4.69) is 20.1 Å². The van der Waals surface area contributed by atoms with Gasteiger partial charge in [-0.3, -0.25) is 0 Å². The Labute approximate surface area is 73.2 Å². The van der Waals surface area contributed by atoms with Crippen LogP contribution < -0.4 is 0 Å². The molecule has 1 aliphatic rings. The summed E-state index contributed by atoms with van der Waals surface area (Å²) in [6, 6.07) is 0. The van der Waals surface area contributed by atoms with Gasteiger partial charge in [-0.1, -0.05) is 0 Å². The summed E-state index contributed by atoms with van der Waals surface area (Å²) in [4.78, 5) is 0. The van der Waals surface area contributed by atoms with E-state index in [0.717, 1.165) is 21.4 Å². The van der Waals surface area contributed by atoms with E-state index >= 15 is 0 Å². The predicted octanol–water partition coefficient (Wildman–Crippen LogP) is 2.72. The summed E-state index contributed by atoms with van der Waals surface area (Å²) >= 11 is 0. The Hall–Kier alpha value is 0.135. The van der Waals surface area contributed by atoms with Crippen molar-refractivity contribution in [2.75, 3.05) is 6.26 Å². The van der Waals surface area contributed by atoms with Crippen LogP contribution in [0.25, 0.3) is 0 Å². The van der Waals surface area contributed by atoms with E-state index in [9.17, 15) is 17.3 Å². The van der Waals surface area contributed by atoms with E-state index in [-0.39, 0.29) is 0 Å². The lowest BCUT2D eigenvalue weighted by molar-refractivity contribution is 0.368. The predicted molar refractivity (Wildman–Crippen MR) is 47.0 cm³/mol. The average molecular weight is 204 g/mol. The summed E-state index contributed by atoms with van der Waals surface area (Å²) in [6.07, 6.45) is 3.85. The van der Waals surface area contributed by atoms with Crippen molar-refractivity contribution in [3.63, 3.8) is 0 Å². The smallest absolute Gasteiger partial charge is 0.418 e. The lowest BCUT2D eigenvalue weighted by Gasteiger charge is -2.27. The van der Waals surface area contributed by atoms with Gasteiger partial charge in [-0.2, -0.15) is 0 Å². The molecule has 0 saturated carbocycles. The quantitative estimate of drug-likeness (QED) is 0.323. The largest absolute Gasteiger partial charge is 0.673 e. The molecule has 6 heteroatoms. The van der Waals surface area contributed by atoms with E-state index in [1.165, 1.54) is 6.42 Å². The minimum Gasteiger partial charge on any atom is -0.418 e. The molecule has 1 saturated heterocycles. The van der Waals surface area contributed by atoms with E-state index in [1.54, 1.807) is 0 Å². The first-order chi connectivity index (χ1) is 5.22. The summed E-state index contributed by atoms with van der Waals surface area (Å²) < 4.78 is 39.0. The highest BCUT2D eigenvalue weighted by molar-refractivity contribution is 7.98. The Morgan fingerprint density at radius 1 is 1.08 bits per heavy atom. The van der Waals surface area contributed by atoms with Crippen molar-refractivity contribution in [1.82, 2.24) is 0 Å². The summed E-state index contributed by atoms with van der Waals surface area (Å²) in [5, 5.41) is 2.07. The van der Waals surface area contributed by atoms with Crippen molar-refractivity contribution in [1.29, 1.82) is 0 Å². The van der Waals surface area contributed by atoms with Crippen molar-refractivity contribution in [3.8, 4) is 0 Å². The molecule has 0 aromatic rings. The SMILES string of the molecule is CC1CC(C)[S+]1C.F[B-](F)(F)F. The lowest BCUT2D eigenvalue weighted by atomic mass is 10.2. The highest BCUT2D eigenvalue weighted by Gasteiger charge is 2.40. The van der Waals surface area contributed by atoms with Gasteiger partial charge in [-0.25, -0.2) is 0 Å². The van der Waals surface area contributed by atoms with Gasteiger partial charge in [0.2, 0.25) is 0 Å². The second-order valence-electron chi connectivity index (χ2n) is 2.96. The van der Waals surface area contributed by atoms with Gasteiger partial charge in [0.15, 0.2) is 0 Å². The Bertz CT molecular complexity index is 124. The molecular formula is C6H13BF4S. The Morgan fingerprint density at radius 2 is 1.33 bits per heavy atom. The number of rotatable bonds is 0. The minimum absolute atomic E-state index is 0.769. The fourth-order valence-electron chi connectivity index (χ4n) is 1.05. The fraction of sp³-hybridized carbons (Fsp3) is 1.00. The summed E-state index contributed by atoms with van der Waals surface area (Å²) in [5.74, 6) is 0. The molecule has 74 valence electrons. The maximum atomic E-state index is 9.75. The second-order valence-corrected chi connectivity index (χ2v) is 5.78. The Balaban J connectivity index is 0.000000217. The van der Waals surface area contributed by atoms with Gasteiger partial charge in [-0.05, 0) is 24.7 Å². The number of halogens is 4. The van der Waals surface area contributed by atoms with Gasteiger partial charge in [0.25, 0.3) is 0 Å². The van der Waals surface area contributed by atoms with Gasteiger partial charge < -0.3 is 17.3 Å². The maximum absolute atomic E-state index is 9.75. The first-order valence-corrected chi connectivity index (χ1v) is 5.48. The zero-order valence-electron chi connectivity index (χ0n) is 7.36. The van der Waals surface area contributed by atoms with Crippen LogP contribution in [0.2, 0.25) is 0 Å². The van der Waals surface area contributed by atoms with Crippen LogP contribution in [0.15, 0.2) is 0 Å². The van der Waals surface area contributed by atoms with Crippen molar-refractivity contribution in [3.05, 3.63) is 0 Å². The molecule has 1 aliphatic heterocycles. The lowest BCUT2D eigenvalue weighted by Crippen LogP contribution is -2.41. The van der Waals surface area contributed by atoms with Crippen LogP contribution in [-0.4, -0.2) is 24.0 Å². The van der Waals surface area contributed by atoms with Crippen molar-refractivity contribution in [2.45, 2.75) is 30.8 Å². The standard InChI is InChI=1S/C6H13S.BF4/c1-5-4-6(2)7(5)3;2-1(3,4)5/h5-6H,4H2,1-3H3;/q+1;-1. The molecule has 2 unspecified atom stereocenters. The van der Waals surface area contributed by atoms with Gasteiger partial charge in [-0.15, -0.1) is 0 Å². The maximum Gasteiger partial charge on any atom is 0.673 e. The van der Waals surface area contributed by atoms with Crippen molar-refractivity contribution >= 4 is 18.1 Å². The first kappa shape index (κ1) is 12.1. The molecule has 1 heterocycles. The molecule has 0 N–H and O–H groups in total. The van der Waals surface area contributed by atoms with Gasteiger partial charge >= 0.3 is 7.25 Å². The molecule has 0 spiro atoms. The second kappa shape index (κ2) is 4.39. The van der Waals surface area contributed by atoms with Crippen molar-refractivity contribution in [2.24, 2.45) is 0 Å². The van der Waals surface area contributed by atoms with Crippen LogP contribution in [0.4, 0.5) is 17.3 Å². The highest BCUT2D eigenvalue weighted by Crippen LogP contribution is 2.28. The monoisotopic (exact) mass is 204 g/mol. The Morgan fingerprint density at radius 3 is 1.33 bits per heavy atom. The van der Waals surface area contributed by atoms with E-state index in [0.29, 0.717) is 0 Å². The molecule has 0 aliphatic carbocycles. The topological polar surface area (TPSA) is 0 Å². The van der Waals surface area contributed by atoms with Crippen molar-refractivity contribution < 1.29 is 17.3 Å². The molecular weight excluding hydrogens is 191 g/mol. The first-order valence-electron chi connectivity index (χ1n) is 3.72. The Kier molecular flexibility index (Phi) is 4.44. The third kappa shape index (κ3) is 5.74. The van der Waals surface area contributed by atoms with E-state index in [4.69, 9.17) is 0 Å². The van der Waals surface area contributed by atoms with Crippen LogP contribution in [0.3, 0.4) is 0 Å². The normalized spacial score (nSPS) is 34.8. The fourth-order valence-corrected chi connectivity index (χ4v) is 2.66. The van der Waals surface area contributed by atoms with Crippen LogP contribution in [0.1, 0.15) is 20.3 Å². The molecule has 1 rings (SSSR count). The molecule has 0 radical (unpaired) electrons. The average Bonchev–Trinajstić information content (AvgIpc) is 1.84. The summed E-state index contributed by atoms with van der Waals surface area (Å²) in [6.45, 7) is 4.70. The molecule has 2 atom stereocenters. The molecule has 12 heavy (non-hydrogen) atoms. The van der Waals surface area contributed by atoms with Crippen LogP contribution in [-0.2, 0) is 10.9 Å². The van der Waals surface area contributed by atoms with E-state index in [1.807, 2.05) is 0 Å². The van der Waals surface area contributed by atoms with E-state index < -0.39 is 7.25 Å². The minimum atomic E-state index is -6.00. The molecule has 0 nitrogen and oxygen atoms in total. The zero-order valence-corrected chi connectivity index (χ0v) is 8.18. The van der Waals surface area contributed by atoms with Gasteiger partial charge in [0.1, 0.15) is 10.5 Å². The third-order valence-corrected chi connectivity index (χ3v) is 4.86. The molecule has 0 aromatic carbocycles. The van der Waals surface area contributed by atoms with Crippen LogP contribution >= 0.6 is 0 Å². The van der Waals surface area contributed by atoms with Crippen LogP contribution in [0, 0.1) is 0 Å². The molecule has 0 aromatic heterocycles. The number of hydrogen-bond acceptors (Lipinski definition) is 0. The van der Waals surface area contributed by atoms with Gasteiger partial charge in [0.05, 0.1) is 6.26 Å². The molecule has 0 bridgehead atoms. The summed E-state index contributed by atoms with van der Waals surface area (Å²) in [7, 11) is -5.23. The number of hydrogen-bond donors (Lipinski definition) is 0. The molecule has 0 amide bonds. The van der Waals surface area contributed by atoms with Gasteiger partial charge in [0, 0.05) is 6.42 Å². The van der Waals surface area contributed by atoms with Crippen LogP contribution in [0.5, 0.6) is 0 Å².